The Morgan fingerprint density at radius 2 is 1.78 bits per heavy atom. The first kappa shape index (κ1) is 14.1. The Hall–Kier alpha value is -1.93. The van der Waals surface area contributed by atoms with E-state index in [2.05, 4.69) is 0 Å². The smallest absolute Gasteiger partial charge is 0.323 e. The molecule has 1 rings (SSSR count). The highest BCUT2D eigenvalue weighted by Gasteiger charge is 2.15. The molecule has 0 fully saturated rings. The fraction of sp³-hybridized carbons (Fsp3) is 0.200. The highest BCUT2D eigenvalue weighted by molar-refractivity contribution is 7.89. The van der Waals surface area contributed by atoms with Crippen LogP contribution in [-0.2, 0) is 14.8 Å². The number of carbonyl (C=O) groups is 2. The molecule has 0 atom stereocenters. The van der Waals surface area contributed by atoms with Crippen molar-refractivity contribution >= 4 is 21.9 Å². The number of aliphatic carboxylic acids is 1. The first-order chi connectivity index (χ1) is 8.21. The van der Waals surface area contributed by atoms with Crippen LogP contribution in [0.25, 0.3) is 0 Å². The van der Waals surface area contributed by atoms with Crippen molar-refractivity contribution in [3.05, 3.63) is 29.8 Å². The van der Waals surface area contributed by atoms with Gasteiger partial charge in [0.25, 0.3) is 5.91 Å². The van der Waals surface area contributed by atoms with Crippen LogP contribution < -0.4 is 5.14 Å². The van der Waals surface area contributed by atoms with Crippen molar-refractivity contribution in [2.45, 2.75) is 4.90 Å². The summed E-state index contributed by atoms with van der Waals surface area (Å²) in [7, 11) is -2.47. The number of carboxylic acids is 1. The van der Waals surface area contributed by atoms with Gasteiger partial charge >= 0.3 is 5.97 Å². The second-order valence-electron chi connectivity index (χ2n) is 3.62. The fourth-order valence-electron chi connectivity index (χ4n) is 1.28. The Kier molecular flexibility index (Phi) is 4.04. The van der Waals surface area contributed by atoms with Crippen molar-refractivity contribution < 1.29 is 23.1 Å². The van der Waals surface area contributed by atoms with Crippen molar-refractivity contribution in [3.8, 4) is 0 Å². The Morgan fingerprint density at radius 1 is 1.28 bits per heavy atom. The van der Waals surface area contributed by atoms with Crippen LogP contribution in [0.3, 0.4) is 0 Å². The number of amides is 1. The number of primary sulfonamides is 1. The van der Waals surface area contributed by atoms with Crippen LogP contribution in [0.5, 0.6) is 0 Å². The summed E-state index contributed by atoms with van der Waals surface area (Å²) < 4.78 is 22.0. The number of carboxylic acid groups (broad SMARTS) is 1. The third-order valence-electron chi connectivity index (χ3n) is 2.15. The quantitative estimate of drug-likeness (QED) is 0.765. The van der Waals surface area contributed by atoms with Crippen LogP contribution in [0.15, 0.2) is 29.2 Å². The second-order valence-corrected chi connectivity index (χ2v) is 5.19. The van der Waals surface area contributed by atoms with E-state index in [4.69, 9.17) is 10.2 Å². The Labute approximate surface area is 104 Å². The second kappa shape index (κ2) is 5.15. The van der Waals surface area contributed by atoms with Crippen LogP contribution in [-0.4, -0.2) is 43.9 Å². The molecular weight excluding hydrogens is 260 g/mol. The topological polar surface area (TPSA) is 118 Å². The van der Waals surface area contributed by atoms with Gasteiger partial charge in [0.15, 0.2) is 0 Å². The summed E-state index contributed by atoms with van der Waals surface area (Å²) in [6.07, 6.45) is 0. The number of sulfonamides is 1. The zero-order valence-corrected chi connectivity index (χ0v) is 10.3. The zero-order valence-electron chi connectivity index (χ0n) is 9.53. The van der Waals surface area contributed by atoms with Gasteiger partial charge in [-0.3, -0.25) is 9.59 Å². The van der Waals surface area contributed by atoms with Crippen molar-refractivity contribution in [3.63, 3.8) is 0 Å². The number of hydrogen-bond acceptors (Lipinski definition) is 4. The molecule has 0 bridgehead atoms. The minimum atomic E-state index is -3.80. The van der Waals surface area contributed by atoms with E-state index < -0.39 is 28.4 Å². The lowest BCUT2D eigenvalue weighted by molar-refractivity contribution is -0.137. The Balaban J connectivity index is 2.92. The maximum Gasteiger partial charge on any atom is 0.323 e. The first-order valence-electron chi connectivity index (χ1n) is 4.82. The molecule has 0 aliphatic carbocycles. The fourth-order valence-corrected chi connectivity index (χ4v) is 1.80. The van der Waals surface area contributed by atoms with E-state index in [1.165, 1.54) is 31.3 Å². The molecular formula is C10H12N2O5S. The number of benzene rings is 1. The number of hydrogen-bond donors (Lipinski definition) is 2. The SMILES string of the molecule is CN(CC(=O)O)C(=O)c1ccc(S(N)(=O)=O)cc1. The number of carbonyl (C=O) groups excluding carboxylic acids is 1. The van der Waals surface area contributed by atoms with Crippen molar-refractivity contribution in [1.29, 1.82) is 0 Å². The summed E-state index contributed by atoms with van der Waals surface area (Å²) in [6, 6.07) is 4.94. The van der Waals surface area contributed by atoms with Gasteiger partial charge in [-0.1, -0.05) is 0 Å². The predicted octanol–water partition coefficient (Wildman–Crippen LogP) is -0.509. The molecule has 0 heterocycles. The van der Waals surface area contributed by atoms with E-state index in [0.29, 0.717) is 0 Å². The lowest BCUT2D eigenvalue weighted by Crippen LogP contribution is -2.31. The number of rotatable bonds is 4. The van der Waals surface area contributed by atoms with Crippen LogP contribution >= 0.6 is 0 Å². The van der Waals surface area contributed by atoms with Gasteiger partial charge in [-0.25, -0.2) is 13.6 Å². The maximum atomic E-state index is 11.7. The molecule has 0 aromatic heterocycles. The van der Waals surface area contributed by atoms with E-state index in [1.54, 1.807) is 0 Å². The molecule has 0 saturated heterocycles. The average Bonchev–Trinajstić information content (AvgIpc) is 2.26. The molecule has 1 aromatic carbocycles. The van der Waals surface area contributed by atoms with Crippen LogP contribution in [0.4, 0.5) is 0 Å². The number of likely N-dealkylation sites (N-methyl/N-ethyl adjacent to an activating group) is 1. The lowest BCUT2D eigenvalue weighted by Gasteiger charge is -2.14. The molecule has 18 heavy (non-hydrogen) atoms. The zero-order chi connectivity index (χ0) is 13.9. The molecule has 3 N–H and O–H groups in total. The van der Waals surface area contributed by atoms with Gasteiger partial charge in [-0.15, -0.1) is 0 Å². The molecule has 0 saturated carbocycles. The summed E-state index contributed by atoms with van der Waals surface area (Å²) in [4.78, 5) is 23.1. The van der Waals surface area contributed by atoms with Crippen LogP contribution in [0, 0.1) is 0 Å². The number of nitrogens with two attached hydrogens (primary N) is 1. The van der Waals surface area contributed by atoms with E-state index in [9.17, 15) is 18.0 Å². The maximum absolute atomic E-state index is 11.7. The van der Waals surface area contributed by atoms with Gasteiger partial charge < -0.3 is 10.0 Å². The van der Waals surface area contributed by atoms with Gasteiger partial charge in [-0.05, 0) is 24.3 Å². The molecule has 7 nitrogen and oxygen atoms in total. The van der Waals surface area contributed by atoms with E-state index in [0.717, 1.165) is 4.90 Å². The third-order valence-corrected chi connectivity index (χ3v) is 3.08. The summed E-state index contributed by atoms with van der Waals surface area (Å²) in [6.45, 7) is -0.435. The summed E-state index contributed by atoms with van der Waals surface area (Å²) in [5.41, 5.74) is 0.186. The lowest BCUT2D eigenvalue weighted by atomic mass is 10.2. The Bertz CT molecular complexity index is 564. The molecule has 98 valence electrons. The van der Waals surface area contributed by atoms with Gasteiger partial charge in [0.05, 0.1) is 4.90 Å². The van der Waals surface area contributed by atoms with Crippen LogP contribution in [0.2, 0.25) is 0 Å². The van der Waals surface area contributed by atoms with Crippen molar-refractivity contribution in [2.75, 3.05) is 13.6 Å². The highest BCUT2D eigenvalue weighted by atomic mass is 32.2. The molecule has 0 aliphatic rings. The third kappa shape index (κ3) is 3.54. The summed E-state index contributed by atoms with van der Waals surface area (Å²) >= 11 is 0. The minimum Gasteiger partial charge on any atom is -0.480 e. The summed E-state index contributed by atoms with van der Waals surface area (Å²) in [5.74, 6) is -1.65. The van der Waals surface area contributed by atoms with E-state index >= 15 is 0 Å². The van der Waals surface area contributed by atoms with Gasteiger partial charge in [0, 0.05) is 12.6 Å². The Morgan fingerprint density at radius 3 is 2.17 bits per heavy atom. The van der Waals surface area contributed by atoms with Crippen molar-refractivity contribution in [2.24, 2.45) is 5.14 Å². The van der Waals surface area contributed by atoms with E-state index in [-0.39, 0.29) is 10.5 Å². The van der Waals surface area contributed by atoms with E-state index in [1.807, 2.05) is 0 Å². The minimum absolute atomic E-state index is 0.111. The summed E-state index contributed by atoms with van der Waals surface area (Å²) in [5, 5.41) is 13.4. The van der Waals surface area contributed by atoms with Crippen LogP contribution in [0.1, 0.15) is 10.4 Å². The van der Waals surface area contributed by atoms with Crippen molar-refractivity contribution in [1.82, 2.24) is 4.90 Å². The largest absolute Gasteiger partial charge is 0.480 e. The number of nitrogens with zero attached hydrogens (tertiary/aromatic N) is 1. The molecule has 1 amide bonds. The molecule has 0 spiro atoms. The average molecular weight is 272 g/mol. The molecule has 8 heteroatoms. The monoisotopic (exact) mass is 272 g/mol. The molecule has 0 radical (unpaired) electrons. The molecule has 0 aliphatic heterocycles. The predicted molar refractivity (Wildman–Crippen MR) is 62.4 cm³/mol. The van der Waals surface area contributed by atoms with Gasteiger partial charge in [-0.2, -0.15) is 0 Å². The van der Waals surface area contributed by atoms with Gasteiger partial charge in [0.2, 0.25) is 10.0 Å². The molecule has 0 unspecified atom stereocenters. The van der Waals surface area contributed by atoms with Gasteiger partial charge in [0.1, 0.15) is 6.54 Å². The highest BCUT2D eigenvalue weighted by Crippen LogP contribution is 2.10. The standard InChI is InChI=1S/C10H12N2O5S/c1-12(6-9(13)14)10(15)7-2-4-8(5-3-7)18(11,16)17/h2-5H,6H2,1H3,(H,13,14)(H2,11,16,17). The molecule has 1 aromatic rings. The normalized spacial score (nSPS) is 11.0. The first-order valence-corrected chi connectivity index (χ1v) is 6.36.